The Bertz CT molecular complexity index is 680. The van der Waals surface area contributed by atoms with Crippen LogP contribution in [0.2, 0.25) is 0 Å². The van der Waals surface area contributed by atoms with Crippen LogP contribution >= 0.6 is 11.3 Å². The second kappa shape index (κ2) is 5.14. The molecule has 2 aromatic rings. The molecule has 4 heterocycles. The van der Waals surface area contributed by atoms with E-state index in [9.17, 15) is 4.79 Å². The summed E-state index contributed by atoms with van der Waals surface area (Å²) >= 11 is 1.54. The Morgan fingerprint density at radius 3 is 2.73 bits per heavy atom. The van der Waals surface area contributed by atoms with Crippen LogP contribution in [0.3, 0.4) is 0 Å². The van der Waals surface area contributed by atoms with E-state index in [1.807, 2.05) is 24.3 Å². The van der Waals surface area contributed by atoms with Crippen molar-refractivity contribution in [3.05, 3.63) is 29.3 Å². The van der Waals surface area contributed by atoms with E-state index >= 15 is 0 Å². The van der Waals surface area contributed by atoms with Gasteiger partial charge in [-0.25, -0.2) is 4.98 Å². The highest BCUT2D eigenvalue weighted by Gasteiger charge is 2.48. The standard InChI is InChI=1S/C18H22N2OS/c1-18(2)13(12-7-9-20(18)10-8-12)11-15(21)17-19-14-5-3-4-6-16(14)22-17/h3-6,12-13H,7-11H2,1-2H3/t13-/m1/s1. The van der Waals surface area contributed by atoms with Crippen molar-refractivity contribution in [2.24, 2.45) is 11.8 Å². The van der Waals surface area contributed by atoms with Crippen LogP contribution in [0.25, 0.3) is 10.2 Å². The van der Waals surface area contributed by atoms with Crippen LogP contribution in [-0.2, 0) is 0 Å². The third-order valence-electron chi connectivity index (χ3n) is 5.77. The number of benzene rings is 1. The number of carbonyl (C=O) groups is 1. The Morgan fingerprint density at radius 1 is 1.32 bits per heavy atom. The fraction of sp³-hybridized carbons (Fsp3) is 0.556. The molecule has 2 bridgehead atoms. The minimum atomic E-state index is 0.146. The van der Waals surface area contributed by atoms with Crippen molar-refractivity contribution in [1.82, 2.24) is 9.88 Å². The molecule has 0 spiro atoms. The smallest absolute Gasteiger partial charge is 0.191 e. The van der Waals surface area contributed by atoms with Gasteiger partial charge >= 0.3 is 0 Å². The Balaban J connectivity index is 1.58. The molecule has 3 fully saturated rings. The number of Topliss-reactive ketones (excluding diaryl/α,β-unsaturated/α-hetero) is 1. The zero-order valence-electron chi connectivity index (χ0n) is 13.2. The first-order valence-corrected chi connectivity index (χ1v) is 9.01. The first kappa shape index (κ1) is 14.3. The summed E-state index contributed by atoms with van der Waals surface area (Å²) in [5, 5.41) is 0.688. The predicted molar refractivity (Wildman–Crippen MR) is 90.4 cm³/mol. The molecule has 3 nitrogen and oxygen atoms in total. The largest absolute Gasteiger partial charge is 0.298 e. The number of para-hydroxylation sites is 1. The van der Waals surface area contributed by atoms with Gasteiger partial charge in [0.1, 0.15) is 0 Å². The quantitative estimate of drug-likeness (QED) is 0.803. The van der Waals surface area contributed by atoms with Crippen LogP contribution in [0.15, 0.2) is 24.3 Å². The van der Waals surface area contributed by atoms with Crippen LogP contribution in [0.5, 0.6) is 0 Å². The molecule has 0 saturated carbocycles. The Labute approximate surface area is 135 Å². The Kier molecular flexibility index (Phi) is 3.35. The summed E-state index contributed by atoms with van der Waals surface area (Å²) in [5.41, 5.74) is 1.09. The van der Waals surface area contributed by atoms with Crippen LogP contribution in [-0.4, -0.2) is 34.3 Å². The normalized spacial score (nSPS) is 29.8. The molecule has 1 atom stereocenters. The molecule has 22 heavy (non-hydrogen) atoms. The summed E-state index contributed by atoms with van der Waals surface area (Å²) in [6.07, 6.45) is 3.15. The maximum atomic E-state index is 12.8. The fourth-order valence-corrected chi connectivity index (χ4v) is 5.30. The second-order valence-corrected chi connectivity index (χ2v) is 8.23. The SMILES string of the molecule is CC1(C)[C@H](CC(=O)c2nc3ccccc3s2)C2CCN1CC2. The number of hydrogen-bond donors (Lipinski definition) is 0. The first-order chi connectivity index (χ1) is 10.6. The van der Waals surface area contributed by atoms with Gasteiger partial charge in [-0.05, 0) is 63.7 Å². The van der Waals surface area contributed by atoms with Crippen LogP contribution in [0.1, 0.15) is 42.9 Å². The van der Waals surface area contributed by atoms with Gasteiger partial charge < -0.3 is 0 Å². The highest BCUT2D eigenvalue weighted by molar-refractivity contribution is 7.20. The lowest BCUT2D eigenvalue weighted by molar-refractivity contribution is -0.0643. The predicted octanol–water partition coefficient (Wildman–Crippen LogP) is 3.99. The molecular weight excluding hydrogens is 292 g/mol. The molecule has 0 unspecified atom stereocenters. The molecular formula is C18H22N2OS. The van der Waals surface area contributed by atoms with Gasteiger partial charge in [0, 0.05) is 12.0 Å². The minimum absolute atomic E-state index is 0.146. The van der Waals surface area contributed by atoms with Gasteiger partial charge in [-0.2, -0.15) is 0 Å². The summed E-state index contributed by atoms with van der Waals surface area (Å²) in [4.78, 5) is 19.9. The van der Waals surface area contributed by atoms with Crippen molar-refractivity contribution in [2.75, 3.05) is 13.1 Å². The highest BCUT2D eigenvalue weighted by Crippen LogP contribution is 2.45. The highest BCUT2D eigenvalue weighted by atomic mass is 32.1. The number of carbonyl (C=O) groups excluding carboxylic acids is 1. The lowest BCUT2D eigenvalue weighted by Gasteiger charge is -2.56. The van der Waals surface area contributed by atoms with E-state index in [4.69, 9.17) is 0 Å². The van der Waals surface area contributed by atoms with E-state index in [0.717, 1.165) is 10.2 Å². The number of aromatic nitrogens is 1. The number of ketones is 1. The maximum absolute atomic E-state index is 12.8. The van der Waals surface area contributed by atoms with Crippen molar-refractivity contribution in [3.8, 4) is 0 Å². The first-order valence-electron chi connectivity index (χ1n) is 8.19. The average molecular weight is 314 g/mol. The molecule has 4 heteroatoms. The third-order valence-corrected chi connectivity index (χ3v) is 6.85. The van der Waals surface area contributed by atoms with E-state index in [0.29, 0.717) is 23.3 Å². The van der Waals surface area contributed by atoms with Gasteiger partial charge in [0.2, 0.25) is 0 Å². The summed E-state index contributed by atoms with van der Waals surface area (Å²) in [6, 6.07) is 8.01. The van der Waals surface area contributed by atoms with Crippen molar-refractivity contribution in [1.29, 1.82) is 0 Å². The molecule has 0 amide bonds. The molecule has 116 valence electrons. The van der Waals surface area contributed by atoms with Crippen LogP contribution in [0.4, 0.5) is 0 Å². The molecule has 1 aromatic heterocycles. The number of thiazole rings is 1. The maximum Gasteiger partial charge on any atom is 0.191 e. The molecule has 0 radical (unpaired) electrons. The van der Waals surface area contributed by atoms with E-state index in [1.54, 1.807) is 0 Å². The molecule has 0 aliphatic carbocycles. The van der Waals surface area contributed by atoms with Crippen molar-refractivity contribution < 1.29 is 4.79 Å². The zero-order chi connectivity index (χ0) is 15.3. The van der Waals surface area contributed by atoms with Crippen molar-refractivity contribution >= 4 is 27.3 Å². The van der Waals surface area contributed by atoms with Crippen LogP contribution < -0.4 is 0 Å². The topological polar surface area (TPSA) is 33.2 Å². The van der Waals surface area contributed by atoms with E-state index in [2.05, 4.69) is 23.7 Å². The average Bonchev–Trinajstić information content (AvgIpc) is 2.95. The summed E-state index contributed by atoms with van der Waals surface area (Å²) in [7, 11) is 0. The van der Waals surface area contributed by atoms with E-state index in [-0.39, 0.29) is 11.3 Å². The van der Waals surface area contributed by atoms with E-state index in [1.165, 1.54) is 37.3 Å². The molecule has 1 aromatic carbocycles. The summed E-state index contributed by atoms with van der Waals surface area (Å²) in [6.45, 7) is 7.02. The number of hydrogen-bond acceptors (Lipinski definition) is 4. The lowest BCUT2D eigenvalue weighted by atomic mass is 9.65. The van der Waals surface area contributed by atoms with Gasteiger partial charge in [0.05, 0.1) is 10.2 Å². The summed E-state index contributed by atoms with van der Waals surface area (Å²) in [5.74, 6) is 1.40. The molecule has 0 N–H and O–H groups in total. The van der Waals surface area contributed by atoms with E-state index < -0.39 is 0 Å². The fourth-order valence-electron chi connectivity index (χ4n) is 4.38. The number of nitrogens with zero attached hydrogens (tertiary/aromatic N) is 2. The van der Waals surface area contributed by atoms with Crippen molar-refractivity contribution in [3.63, 3.8) is 0 Å². The van der Waals surface area contributed by atoms with Gasteiger partial charge in [0.15, 0.2) is 10.8 Å². The van der Waals surface area contributed by atoms with Gasteiger partial charge in [-0.15, -0.1) is 11.3 Å². The van der Waals surface area contributed by atoms with Gasteiger partial charge in [-0.1, -0.05) is 12.1 Å². The van der Waals surface area contributed by atoms with Crippen molar-refractivity contribution in [2.45, 2.75) is 38.6 Å². The van der Waals surface area contributed by atoms with Gasteiger partial charge in [-0.3, -0.25) is 9.69 Å². The Hall–Kier alpha value is -1.26. The minimum Gasteiger partial charge on any atom is -0.298 e. The second-order valence-electron chi connectivity index (χ2n) is 7.20. The van der Waals surface area contributed by atoms with Crippen LogP contribution in [0, 0.1) is 11.8 Å². The lowest BCUT2D eigenvalue weighted by Crippen LogP contribution is -2.61. The number of fused-ring (bicyclic) bond motifs is 4. The Morgan fingerprint density at radius 2 is 2.05 bits per heavy atom. The number of piperidine rings is 3. The molecule has 3 aliphatic rings. The molecule has 5 rings (SSSR count). The number of rotatable bonds is 3. The van der Waals surface area contributed by atoms with Gasteiger partial charge in [0.25, 0.3) is 0 Å². The monoisotopic (exact) mass is 314 g/mol. The molecule has 3 saturated heterocycles. The molecule has 3 aliphatic heterocycles. The summed E-state index contributed by atoms with van der Waals surface area (Å²) < 4.78 is 1.11. The zero-order valence-corrected chi connectivity index (χ0v) is 14.0. The third kappa shape index (κ3) is 2.20.